The van der Waals surface area contributed by atoms with E-state index in [0.717, 1.165) is 5.56 Å². The van der Waals surface area contributed by atoms with Crippen molar-refractivity contribution in [2.24, 2.45) is 0 Å². The maximum absolute atomic E-state index is 12.3. The number of benzene rings is 1. The first-order chi connectivity index (χ1) is 8.50. The van der Waals surface area contributed by atoms with E-state index in [-0.39, 0.29) is 22.8 Å². The summed E-state index contributed by atoms with van der Waals surface area (Å²) in [4.78, 5) is 3.31. The van der Waals surface area contributed by atoms with Crippen molar-refractivity contribution in [2.75, 3.05) is 7.05 Å². The van der Waals surface area contributed by atoms with Crippen LogP contribution in [0, 0.1) is 0 Å². The zero-order valence-corrected chi connectivity index (χ0v) is 11.6. The van der Waals surface area contributed by atoms with E-state index in [2.05, 4.69) is 20.0 Å². The molecule has 1 N–H and O–H groups in total. The fourth-order valence-electron chi connectivity index (χ4n) is 1.43. The predicted octanol–water partition coefficient (Wildman–Crippen LogP) is 3.05. The Balaban J connectivity index is 0.00000180. The largest absolute Gasteiger partial charge is 0.471 e. The molecule has 0 saturated heterocycles. The van der Waals surface area contributed by atoms with Gasteiger partial charge in [0.25, 0.3) is 0 Å². The minimum atomic E-state index is -4.61. The van der Waals surface area contributed by atoms with Crippen LogP contribution >= 0.6 is 17.0 Å². The Morgan fingerprint density at radius 3 is 2.32 bits per heavy atom. The van der Waals surface area contributed by atoms with Crippen LogP contribution in [0.4, 0.5) is 13.2 Å². The zero-order valence-electron chi connectivity index (χ0n) is 9.86. The van der Waals surface area contributed by atoms with Crippen LogP contribution in [0.1, 0.15) is 11.5 Å². The molecule has 1 heterocycles. The third kappa shape index (κ3) is 3.77. The van der Waals surface area contributed by atoms with Crippen molar-refractivity contribution in [1.29, 1.82) is 0 Å². The van der Waals surface area contributed by atoms with Gasteiger partial charge < -0.3 is 9.84 Å². The Labute approximate surface area is 117 Å². The minimum absolute atomic E-state index is 0. The highest BCUT2D eigenvalue weighted by Crippen LogP contribution is 2.29. The van der Waals surface area contributed by atoms with Gasteiger partial charge in [0.05, 0.1) is 0 Å². The lowest BCUT2D eigenvalue weighted by atomic mass is 10.1. The summed E-state index contributed by atoms with van der Waals surface area (Å²) in [5.74, 6) is -1.41. The average molecular weight is 338 g/mol. The second-order valence-corrected chi connectivity index (χ2v) is 3.65. The van der Waals surface area contributed by atoms with Crippen molar-refractivity contribution in [3.05, 3.63) is 35.7 Å². The minimum Gasteiger partial charge on any atom is -0.329 e. The average Bonchev–Trinajstić information content (AvgIpc) is 2.79. The molecule has 2 rings (SSSR count). The third-order valence-electron chi connectivity index (χ3n) is 2.26. The molecule has 0 fully saturated rings. The van der Waals surface area contributed by atoms with E-state index in [1.54, 1.807) is 24.3 Å². The second kappa shape index (κ2) is 6.16. The molecule has 0 unspecified atom stereocenters. The number of hydrogen-bond acceptors (Lipinski definition) is 4. The molecule has 8 heteroatoms. The lowest BCUT2D eigenvalue weighted by molar-refractivity contribution is -0.159. The summed E-state index contributed by atoms with van der Waals surface area (Å²) in [6.45, 7) is 0.681. The Bertz CT molecular complexity index is 525. The van der Waals surface area contributed by atoms with E-state index in [1.807, 2.05) is 7.05 Å². The van der Waals surface area contributed by atoms with Crippen LogP contribution in [0.15, 0.2) is 28.8 Å². The van der Waals surface area contributed by atoms with Crippen LogP contribution in [0.3, 0.4) is 0 Å². The SMILES string of the molecule is Br.CNCc1ccc(-c2noc(C(F)(F)F)n2)cc1. The molecule has 0 aliphatic rings. The Morgan fingerprint density at radius 2 is 1.84 bits per heavy atom. The molecular formula is C11H11BrF3N3O. The Morgan fingerprint density at radius 1 is 1.21 bits per heavy atom. The number of hydrogen-bond donors (Lipinski definition) is 1. The number of alkyl halides is 3. The van der Waals surface area contributed by atoms with Gasteiger partial charge in [0.2, 0.25) is 5.82 Å². The molecule has 0 saturated carbocycles. The summed E-state index contributed by atoms with van der Waals surface area (Å²) in [5.41, 5.74) is 1.50. The molecule has 2 aromatic rings. The Hall–Kier alpha value is -1.41. The van der Waals surface area contributed by atoms with Crippen molar-refractivity contribution < 1.29 is 17.7 Å². The number of halogens is 4. The summed E-state index contributed by atoms with van der Waals surface area (Å²) in [6.07, 6.45) is -4.61. The van der Waals surface area contributed by atoms with Crippen LogP contribution in [0.5, 0.6) is 0 Å². The first-order valence-corrected chi connectivity index (χ1v) is 5.15. The van der Waals surface area contributed by atoms with Crippen molar-refractivity contribution in [1.82, 2.24) is 15.5 Å². The first kappa shape index (κ1) is 15.6. The van der Waals surface area contributed by atoms with E-state index in [4.69, 9.17) is 0 Å². The quantitative estimate of drug-likeness (QED) is 0.935. The van der Waals surface area contributed by atoms with Gasteiger partial charge in [0, 0.05) is 12.1 Å². The molecule has 0 amide bonds. The van der Waals surface area contributed by atoms with Crippen LogP contribution in [-0.4, -0.2) is 17.2 Å². The highest BCUT2D eigenvalue weighted by Gasteiger charge is 2.38. The van der Waals surface area contributed by atoms with Gasteiger partial charge in [-0.05, 0) is 12.6 Å². The number of nitrogens with zero attached hydrogens (tertiary/aromatic N) is 2. The van der Waals surface area contributed by atoms with Crippen molar-refractivity contribution in [3.63, 3.8) is 0 Å². The van der Waals surface area contributed by atoms with E-state index in [9.17, 15) is 13.2 Å². The van der Waals surface area contributed by atoms with Gasteiger partial charge >= 0.3 is 12.1 Å². The fraction of sp³-hybridized carbons (Fsp3) is 0.273. The van der Waals surface area contributed by atoms with Crippen molar-refractivity contribution >= 4 is 17.0 Å². The predicted molar refractivity (Wildman–Crippen MR) is 67.8 cm³/mol. The lowest BCUT2D eigenvalue weighted by Crippen LogP contribution is -2.05. The van der Waals surface area contributed by atoms with E-state index in [0.29, 0.717) is 12.1 Å². The van der Waals surface area contributed by atoms with Gasteiger partial charge in [-0.3, -0.25) is 0 Å². The summed E-state index contributed by atoms with van der Waals surface area (Å²) >= 11 is 0. The van der Waals surface area contributed by atoms with Crippen LogP contribution < -0.4 is 5.32 Å². The molecule has 0 aliphatic heterocycles. The molecule has 0 radical (unpaired) electrons. The van der Waals surface area contributed by atoms with Gasteiger partial charge in [-0.2, -0.15) is 18.2 Å². The molecule has 104 valence electrons. The molecule has 0 bridgehead atoms. The smallest absolute Gasteiger partial charge is 0.329 e. The molecule has 1 aromatic heterocycles. The summed E-state index contributed by atoms with van der Waals surface area (Å²) in [7, 11) is 1.81. The lowest BCUT2D eigenvalue weighted by Gasteiger charge is -2.00. The molecule has 0 atom stereocenters. The Kier molecular flexibility index (Phi) is 5.07. The van der Waals surface area contributed by atoms with Crippen molar-refractivity contribution in [3.8, 4) is 11.4 Å². The number of rotatable bonds is 3. The number of nitrogens with one attached hydrogen (secondary N) is 1. The molecule has 1 aromatic carbocycles. The number of aromatic nitrogens is 2. The van der Waals surface area contributed by atoms with E-state index in [1.165, 1.54) is 0 Å². The van der Waals surface area contributed by atoms with Gasteiger partial charge in [0.15, 0.2) is 0 Å². The van der Waals surface area contributed by atoms with Crippen LogP contribution in [-0.2, 0) is 12.7 Å². The summed E-state index contributed by atoms with van der Waals surface area (Å²) < 4.78 is 41.0. The van der Waals surface area contributed by atoms with E-state index >= 15 is 0 Å². The monoisotopic (exact) mass is 337 g/mol. The first-order valence-electron chi connectivity index (χ1n) is 5.15. The molecule has 0 spiro atoms. The highest BCUT2D eigenvalue weighted by atomic mass is 79.9. The van der Waals surface area contributed by atoms with E-state index < -0.39 is 12.1 Å². The van der Waals surface area contributed by atoms with Gasteiger partial charge in [-0.15, -0.1) is 17.0 Å². The third-order valence-corrected chi connectivity index (χ3v) is 2.26. The highest BCUT2D eigenvalue weighted by molar-refractivity contribution is 8.93. The van der Waals surface area contributed by atoms with Gasteiger partial charge in [0.1, 0.15) is 0 Å². The maximum atomic E-state index is 12.3. The maximum Gasteiger partial charge on any atom is 0.471 e. The molecule has 0 aliphatic carbocycles. The fourth-order valence-corrected chi connectivity index (χ4v) is 1.43. The van der Waals surface area contributed by atoms with Gasteiger partial charge in [-0.1, -0.05) is 29.4 Å². The standard InChI is InChI=1S/C11H10F3N3O.BrH/c1-15-6-7-2-4-8(5-3-7)9-16-10(18-17-9)11(12,13)14;/h2-5,15H,6H2,1H3;1H. The van der Waals surface area contributed by atoms with Crippen LogP contribution in [0.2, 0.25) is 0 Å². The topological polar surface area (TPSA) is 51.0 Å². The zero-order chi connectivity index (χ0) is 13.2. The summed E-state index contributed by atoms with van der Waals surface area (Å²) in [5, 5.41) is 6.28. The second-order valence-electron chi connectivity index (χ2n) is 3.65. The molecule has 19 heavy (non-hydrogen) atoms. The van der Waals surface area contributed by atoms with Gasteiger partial charge in [-0.25, -0.2) is 0 Å². The normalized spacial score (nSPS) is 11.2. The molecule has 4 nitrogen and oxygen atoms in total. The summed E-state index contributed by atoms with van der Waals surface area (Å²) in [6, 6.07) is 6.88. The van der Waals surface area contributed by atoms with Crippen molar-refractivity contribution in [2.45, 2.75) is 12.7 Å². The molecular weight excluding hydrogens is 327 g/mol. The van der Waals surface area contributed by atoms with Crippen LogP contribution in [0.25, 0.3) is 11.4 Å².